The zero-order chi connectivity index (χ0) is 20.1. The van der Waals surface area contributed by atoms with Gasteiger partial charge in [-0.2, -0.15) is 9.97 Å². The maximum Gasteiger partial charge on any atom is 0.407 e. The topological polar surface area (TPSA) is 108 Å². The Labute approximate surface area is 169 Å². The summed E-state index contributed by atoms with van der Waals surface area (Å²) in [6.45, 7) is 0.999. The molecule has 0 saturated heterocycles. The van der Waals surface area contributed by atoms with Gasteiger partial charge in [0.15, 0.2) is 11.5 Å². The number of halogens is 3. The third-order valence-electron chi connectivity index (χ3n) is 3.91. The van der Waals surface area contributed by atoms with Crippen LogP contribution in [0.3, 0.4) is 0 Å². The van der Waals surface area contributed by atoms with Gasteiger partial charge in [-0.3, -0.25) is 0 Å². The van der Waals surface area contributed by atoms with Gasteiger partial charge in [0, 0.05) is 13.1 Å². The lowest BCUT2D eigenvalue weighted by atomic mass is 10.2. The SMILES string of the molecule is Nc1nc(Cl)nc2c1ncn2CCCCOC(=O)NCc1ccc(Cl)c(F)c1. The summed E-state index contributed by atoms with van der Waals surface area (Å²) in [4.78, 5) is 23.9. The number of hydrogen-bond donors (Lipinski definition) is 2. The second-order valence-electron chi connectivity index (χ2n) is 5.93. The number of nitrogen functional groups attached to an aromatic ring is 1. The van der Waals surface area contributed by atoms with Gasteiger partial charge < -0.3 is 20.4 Å². The Morgan fingerprint density at radius 3 is 2.89 bits per heavy atom. The number of hydrogen-bond acceptors (Lipinski definition) is 6. The van der Waals surface area contributed by atoms with E-state index in [1.165, 1.54) is 12.1 Å². The second-order valence-corrected chi connectivity index (χ2v) is 6.68. The summed E-state index contributed by atoms with van der Waals surface area (Å²) in [5.74, 6) is -0.302. The summed E-state index contributed by atoms with van der Waals surface area (Å²) in [5.41, 5.74) is 7.41. The fourth-order valence-corrected chi connectivity index (χ4v) is 2.81. The van der Waals surface area contributed by atoms with Crippen LogP contribution in [0.4, 0.5) is 15.0 Å². The van der Waals surface area contributed by atoms with Crippen molar-refractivity contribution in [3.8, 4) is 0 Å². The highest BCUT2D eigenvalue weighted by Gasteiger charge is 2.10. The van der Waals surface area contributed by atoms with Gasteiger partial charge in [-0.25, -0.2) is 14.2 Å². The van der Waals surface area contributed by atoms with Crippen LogP contribution in [0.5, 0.6) is 0 Å². The predicted octanol–water partition coefficient (Wildman–Crippen LogP) is 3.56. The maximum absolute atomic E-state index is 13.3. The number of benzene rings is 1. The lowest BCUT2D eigenvalue weighted by Crippen LogP contribution is -2.24. The summed E-state index contributed by atoms with van der Waals surface area (Å²) in [6.07, 6.45) is 2.40. The first-order chi connectivity index (χ1) is 13.4. The maximum atomic E-state index is 13.3. The average molecular weight is 427 g/mol. The normalized spacial score (nSPS) is 11.0. The Morgan fingerprint density at radius 2 is 2.11 bits per heavy atom. The summed E-state index contributed by atoms with van der Waals surface area (Å²) < 4.78 is 20.3. The standard InChI is InChI=1S/C17H17Cl2FN6O2/c18-11-4-3-10(7-12(11)20)8-22-17(27)28-6-2-1-5-26-9-23-13-14(21)24-16(19)25-15(13)26/h3-4,7,9H,1-2,5-6,8H2,(H,22,27)(H2,21,24,25). The third kappa shape index (κ3) is 4.99. The smallest absolute Gasteiger partial charge is 0.407 e. The number of aryl methyl sites for hydroxylation is 1. The number of alkyl carbamates (subject to hydrolysis) is 1. The van der Waals surface area contributed by atoms with Gasteiger partial charge in [0.2, 0.25) is 5.28 Å². The highest BCUT2D eigenvalue weighted by molar-refractivity contribution is 6.30. The molecule has 0 unspecified atom stereocenters. The molecule has 0 aliphatic heterocycles. The largest absolute Gasteiger partial charge is 0.450 e. The number of ether oxygens (including phenoxy) is 1. The Hall–Kier alpha value is -2.65. The molecule has 1 amide bonds. The molecule has 8 nitrogen and oxygen atoms in total. The van der Waals surface area contributed by atoms with E-state index in [1.807, 2.05) is 4.57 Å². The number of aromatic nitrogens is 4. The second kappa shape index (κ2) is 9.03. The Kier molecular flexibility index (Phi) is 6.48. The minimum atomic E-state index is -0.573. The van der Waals surface area contributed by atoms with Crippen molar-refractivity contribution in [1.29, 1.82) is 0 Å². The monoisotopic (exact) mass is 426 g/mol. The van der Waals surface area contributed by atoms with Crippen molar-refractivity contribution in [2.24, 2.45) is 0 Å². The summed E-state index contributed by atoms with van der Waals surface area (Å²) >= 11 is 11.4. The molecule has 28 heavy (non-hydrogen) atoms. The van der Waals surface area contributed by atoms with Gasteiger partial charge in [0.25, 0.3) is 0 Å². The highest BCUT2D eigenvalue weighted by atomic mass is 35.5. The molecular formula is C17H17Cl2FN6O2. The van der Waals surface area contributed by atoms with Crippen LogP contribution in [0.1, 0.15) is 18.4 Å². The number of nitrogens with zero attached hydrogens (tertiary/aromatic N) is 4. The Balaban J connectivity index is 1.39. The lowest BCUT2D eigenvalue weighted by Gasteiger charge is -2.08. The molecule has 3 rings (SSSR count). The number of fused-ring (bicyclic) bond motifs is 1. The molecule has 0 fully saturated rings. The molecular weight excluding hydrogens is 410 g/mol. The molecule has 1 aromatic carbocycles. The molecule has 0 aliphatic rings. The van der Waals surface area contributed by atoms with Gasteiger partial charge in [-0.15, -0.1) is 0 Å². The van der Waals surface area contributed by atoms with Crippen molar-refractivity contribution < 1.29 is 13.9 Å². The molecule has 0 atom stereocenters. The zero-order valence-electron chi connectivity index (χ0n) is 14.7. The fourth-order valence-electron chi connectivity index (χ4n) is 2.53. The van der Waals surface area contributed by atoms with Crippen LogP contribution in [0.15, 0.2) is 24.5 Å². The first-order valence-corrected chi connectivity index (χ1v) is 9.18. The predicted molar refractivity (Wildman–Crippen MR) is 104 cm³/mol. The summed E-state index contributed by atoms with van der Waals surface area (Å²) in [7, 11) is 0. The minimum absolute atomic E-state index is 0.0356. The highest BCUT2D eigenvalue weighted by Crippen LogP contribution is 2.18. The van der Waals surface area contributed by atoms with E-state index >= 15 is 0 Å². The van der Waals surface area contributed by atoms with Crippen molar-refractivity contribution in [3.05, 3.63) is 46.2 Å². The van der Waals surface area contributed by atoms with Crippen molar-refractivity contribution >= 4 is 46.3 Å². The fraction of sp³-hybridized carbons (Fsp3) is 0.294. The number of amides is 1. The van der Waals surface area contributed by atoms with Gasteiger partial charge in [-0.05, 0) is 42.1 Å². The molecule has 0 saturated carbocycles. The molecule has 11 heteroatoms. The molecule has 3 aromatic rings. The number of carbonyl (C=O) groups is 1. The minimum Gasteiger partial charge on any atom is -0.450 e. The number of anilines is 1. The van der Waals surface area contributed by atoms with E-state index in [9.17, 15) is 9.18 Å². The number of carbonyl (C=O) groups excluding carboxylic acids is 1. The third-order valence-corrected chi connectivity index (χ3v) is 4.39. The van der Waals surface area contributed by atoms with Crippen LogP contribution < -0.4 is 11.1 Å². The molecule has 148 valence electrons. The van der Waals surface area contributed by atoms with Crippen molar-refractivity contribution in [2.45, 2.75) is 25.9 Å². The molecule has 0 radical (unpaired) electrons. The van der Waals surface area contributed by atoms with Gasteiger partial charge in [0.1, 0.15) is 11.3 Å². The van der Waals surface area contributed by atoms with Gasteiger partial charge in [0.05, 0.1) is 18.0 Å². The van der Waals surface area contributed by atoms with E-state index < -0.39 is 11.9 Å². The Bertz CT molecular complexity index is 997. The van der Waals surface area contributed by atoms with Crippen LogP contribution >= 0.6 is 23.2 Å². The average Bonchev–Trinajstić information content (AvgIpc) is 3.05. The number of rotatable bonds is 7. The van der Waals surface area contributed by atoms with E-state index in [2.05, 4.69) is 20.3 Å². The quantitative estimate of drug-likeness (QED) is 0.441. The molecule has 0 spiro atoms. The van der Waals surface area contributed by atoms with E-state index in [1.54, 1.807) is 12.4 Å². The van der Waals surface area contributed by atoms with Crippen LogP contribution in [0, 0.1) is 5.82 Å². The van der Waals surface area contributed by atoms with Crippen LogP contribution in [0.25, 0.3) is 11.2 Å². The van der Waals surface area contributed by atoms with E-state index in [0.29, 0.717) is 29.7 Å². The van der Waals surface area contributed by atoms with Crippen molar-refractivity contribution in [3.63, 3.8) is 0 Å². The summed E-state index contributed by atoms with van der Waals surface area (Å²) in [5, 5.41) is 2.65. The zero-order valence-corrected chi connectivity index (χ0v) is 16.2. The number of unbranched alkanes of at least 4 members (excludes halogenated alkanes) is 1. The molecule has 3 N–H and O–H groups in total. The lowest BCUT2D eigenvalue weighted by molar-refractivity contribution is 0.143. The number of nitrogens with two attached hydrogens (primary N) is 1. The first kappa shape index (κ1) is 20.1. The van der Waals surface area contributed by atoms with Crippen LogP contribution in [-0.4, -0.2) is 32.2 Å². The van der Waals surface area contributed by atoms with E-state index in [-0.39, 0.29) is 29.3 Å². The van der Waals surface area contributed by atoms with Crippen molar-refractivity contribution in [2.75, 3.05) is 12.3 Å². The van der Waals surface area contributed by atoms with E-state index in [4.69, 9.17) is 33.7 Å². The van der Waals surface area contributed by atoms with Gasteiger partial charge >= 0.3 is 6.09 Å². The molecule has 2 heterocycles. The number of imidazole rings is 1. The molecule has 2 aromatic heterocycles. The number of nitrogens with one attached hydrogen (secondary N) is 1. The van der Waals surface area contributed by atoms with Crippen molar-refractivity contribution in [1.82, 2.24) is 24.8 Å². The van der Waals surface area contributed by atoms with Crippen LogP contribution in [-0.2, 0) is 17.8 Å². The van der Waals surface area contributed by atoms with E-state index in [0.717, 1.165) is 6.42 Å². The summed E-state index contributed by atoms with van der Waals surface area (Å²) in [6, 6.07) is 4.33. The molecule has 0 aliphatic carbocycles. The first-order valence-electron chi connectivity index (χ1n) is 8.42. The van der Waals surface area contributed by atoms with Crippen LogP contribution in [0.2, 0.25) is 10.3 Å². The Morgan fingerprint density at radius 1 is 1.29 bits per heavy atom. The molecule has 0 bridgehead atoms. The van der Waals surface area contributed by atoms with Gasteiger partial charge in [-0.1, -0.05) is 17.7 Å².